The lowest BCUT2D eigenvalue weighted by molar-refractivity contribution is -0.246. The van der Waals surface area contributed by atoms with Gasteiger partial charge in [-0.15, -0.1) is 0 Å². The Morgan fingerprint density at radius 2 is 1.86 bits per heavy atom. The Bertz CT molecular complexity index is 51.7. The first kappa shape index (κ1) is 5.00. The number of hydrogen-bond acceptors (Lipinski definition) is 2. The predicted octanol–water partition coefficient (Wildman–Crippen LogP) is 0.676. The Balaban J connectivity index is 2.12. The number of halogens is 1. The molecule has 0 N–H and O–H groups in total. The molecule has 1 fully saturated rings. The van der Waals surface area contributed by atoms with Crippen molar-refractivity contribution in [2.75, 3.05) is 13.2 Å². The topological polar surface area (TPSA) is 18.5 Å². The highest BCUT2D eigenvalue weighted by molar-refractivity contribution is 4.38. The minimum Gasteiger partial charge on any atom is -0.326 e. The second kappa shape index (κ2) is 2.23. The second-order valence-electron chi connectivity index (χ2n) is 1.37. The lowest BCUT2D eigenvalue weighted by Gasteiger charge is -2.14. The van der Waals surface area contributed by atoms with Crippen LogP contribution in [0, 0.1) is 0 Å². The van der Waals surface area contributed by atoms with E-state index in [4.69, 9.17) is 0 Å². The van der Waals surface area contributed by atoms with E-state index in [1.165, 1.54) is 0 Å². The van der Waals surface area contributed by atoms with Crippen molar-refractivity contribution in [3.05, 3.63) is 0 Å². The van der Waals surface area contributed by atoms with E-state index >= 15 is 0 Å². The molecule has 0 radical (unpaired) electrons. The molecule has 3 heteroatoms. The highest BCUT2D eigenvalue weighted by Crippen LogP contribution is 2.03. The van der Waals surface area contributed by atoms with Crippen LogP contribution in [-0.2, 0) is 9.47 Å². The Kier molecular flexibility index (Phi) is 1.59. The van der Waals surface area contributed by atoms with Gasteiger partial charge in [-0.3, -0.25) is 0 Å². The Morgan fingerprint density at radius 1 is 1.29 bits per heavy atom. The fourth-order valence-electron chi connectivity index (χ4n) is 0.459. The van der Waals surface area contributed by atoms with E-state index in [-0.39, 0.29) is 0 Å². The zero-order valence-corrected chi connectivity index (χ0v) is 3.89. The number of alkyl halides is 1. The molecule has 1 rings (SSSR count). The SMILES string of the molecule is FC1OCCCO1. The highest BCUT2D eigenvalue weighted by atomic mass is 19.2. The molecule has 0 amide bonds. The smallest absolute Gasteiger partial charge is 0.309 e. The van der Waals surface area contributed by atoms with Gasteiger partial charge in [0.15, 0.2) is 0 Å². The summed E-state index contributed by atoms with van der Waals surface area (Å²) in [5, 5.41) is 0. The fraction of sp³-hybridized carbons (Fsp3) is 1.00. The Hall–Kier alpha value is -0.150. The molecule has 0 aromatic heterocycles. The quantitative estimate of drug-likeness (QED) is 0.452. The molecule has 0 aromatic carbocycles. The van der Waals surface area contributed by atoms with Gasteiger partial charge in [-0.1, -0.05) is 0 Å². The maximum atomic E-state index is 11.7. The Morgan fingerprint density at radius 3 is 2.14 bits per heavy atom. The van der Waals surface area contributed by atoms with E-state index in [0.717, 1.165) is 6.42 Å². The third-order valence-electron chi connectivity index (χ3n) is 0.786. The van der Waals surface area contributed by atoms with E-state index in [2.05, 4.69) is 9.47 Å². The van der Waals surface area contributed by atoms with Gasteiger partial charge in [0.2, 0.25) is 0 Å². The van der Waals surface area contributed by atoms with Gasteiger partial charge in [0.25, 0.3) is 0 Å². The molecular weight excluding hydrogens is 99.0 g/mol. The molecule has 1 aliphatic heterocycles. The average Bonchev–Trinajstić information content (AvgIpc) is 1.69. The third-order valence-corrected chi connectivity index (χ3v) is 0.786. The number of rotatable bonds is 0. The largest absolute Gasteiger partial charge is 0.326 e. The molecule has 7 heavy (non-hydrogen) atoms. The van der Waals surface area contributed by atoms with Crippen molar-refractivity contribution >= 4 is 0 Å². The monoisotopic (exact) mass is 106 g/mol. The summed E-state index contributed by atoms with van der Waals surface area (Å²) < 4.78 is 20.5. The molecule has 0 aliphatic carbocycles. The van der Waals surface area contributed by atoms with Crippen molar-refractivity contribution in [2.24, 2.45) is 0 Å². The molecule has 1 heterocycles. The van der Waals surface area contributed by atoms with Gasteiger partial charge in [-0.2, -0.15) is 4.39 Å². The standard InChI is InChI=1S/C4H7FO2/c5-4-6-2-1-3-7-4/h4H,1-3H2. The highest BCUT2D eigenvalue weighted by Gasteiger charge is 2.09. The summed E-state index contributed by atoms with van der Waals surface area (Å²) in [6.45, 7) is -0.490. The maximum Gasteiger partial charge on any atom is 0.309 e. The predicted molar refractivity (Wildman–Crippen MR) is 21.4 cm³/mol. The van der Waals surface area contributed by atoms with Crippen molar-refractivity contribution in [3.63, 3.8) is 0 Å². The van der Waals surface area contributed by atoms with Crippen LogP contribution in [0.2, 0.25) is 0 Å². The lowest BCUT2D eigenvalue weighted by Crippen LogP contribution is -2.19. The maximum absolute atomic E-state index is 11.7. The van der Waals surface area contributed by atoms with Crippen LogP contribution >= 0.6 is 0 Å². The van der Waals surface area contributed by atoms with E-state index in [1.54, 1.807) is 0 Å². The fourth-order valence-corrected chi connectivity index (χ4v) is 0.459. The molecule has 0 aromatic rings. The summed E-state index contributed by atoms with van der Waals surface area (Å²) in [4.78, 5) is 0. The van der Waals surface area contributed by atoms with Crippen LogP contribution in [-0.4, -0.2) is 19.8 Å². The first-order valence-corrected chi connectivity index (χ1v) is 2.27. The van der Waals surface area contributed by atoms with Gasteiger partial charge in [0, 0.05) is 0 Å². The van der Waals surface area contributed by atoms with Gasteiger partial charge in [0.1, 0.15) is 0 Å². The molecule has 42 valence electrons. The van der Waals surface area contributed by atoms with E-state index in [9.17, 15) is 4.39 Å². The molecule has 0 saturated carbocycles. The molecule has 2 nitrogen and oxygen atoms in total. The second-order valence-corrected chi connectivity index (χ2v) is 1.37. The van der Waals surface area contributed by atoms with Crippen molar-refractivity contribution in [1.29, 1.82) is 0 Å². The van der Waals surface area contributed by atoms with Gasteiger partial charge in [-0.25, -0.2) is 0 Å². The van der Waals surface area contributed by atoms with Gasteiger partial charge in [-0.05, 0) is 6.42 Å². The van der Waals surface area contributed by atoms with Crippen molar-refractivity contribution in [3.8, 4) is 0 Å². The molecule has 0 atom stereocenters. The number of ether oxygens (including phenoxy) is 2. The van der Waals surface area contributed by atoms with Gasteiger partial charge < -0.3 is 9.47 Å². The van der Waals surface area contributed by atoms with Gasteiger partial charge in [0.05, 0.1) is 13.2 Å². The summed E-state index contributed by atoms with van der Waals surface area (Å²) in [7, 11) is 0. The van der Waals surface area contributed by atoms with Crippen molar-refractivity contribution in [1.82, 2.24) is 0 Å². The van der Waals surface area contributed by atoms with Crippen LogP contribution in [0.5, 0.6) is 0 Å². The molecule has 1 saturated heterocycles. The third kappa shape index (κ3) is 1.41. The molecule has 0 bridgehead atoms. The lowest BCUT2D eigenvalue weighted by atomic mass is 10.5. The zero-order chi connectivity index (χ0) is 5.11. The molecule has 0 spiro atoms. The van der Waals surface area contributed by atoms with Crippen molar-refractivity contribution in [2.45, 2.75) is 13.0 Å². The van der Waals surface area contributed by atoms with E-state index in [1.807, 2.05) is 0 Å². The number of hydrogen-bond donors (Lipinski definition) is 0. The molecular formula is C4H7FO2. The normalized spacial score (nSPS) is 25.3. The summed E-state index contributed by atoms with van der Waals surface area (Å²) in [6.07, 6.45) is 0.806. The first-order chi connectivity index (χ1) is 3.39. The zero-order valence-electron chi connectivity index (χ0n) is 3.89. The van der Waals surface area contributed by atoms with Crippen LogP contribution < -0.4 is 0 Å². The van der Waals surface area contributed by atoms with E-state index in [0.29, 0.717) is 13.2 Å². The minimum atomic E-state index is -1.46. The Labute approximate surface area is 41.2 Å². The van der Waals surface area contributed by atoms with Crippen LogP contribution in [0.3, 0.4) is 0 Å². The van der Waals surface area contributed by atoms with Crippen LogP contribution in [0.15, 0.2) is 0 Å². The van der Waals surface area contributed by atoms with Crippen LogP contribution in [0.4, 0.5) is 4.39 Å². The molecule has 0 unspecified atom stereocenters. The van der Waals surface area contributed by atoms with Crippen molar-refractivity contribution < 1.29 is 13.9 Å². The van der Waals surface area contributed by atoms with Crippen LogP contribution in [0.25, 0.3) is 0 Å². The molecule has 1 aliphatic rings. The summed E-state index contributed by atoms with van der Waals surface area (Å²) in [5.41, 5.74) is 0. The summed E-state index contributed by atoms with van der Waals surface area (Å²) in [5.74, 6) is 0. The average molecular weight is 106 g/mol. The van der Waals surface area contributed by atoms with Crippen LogP contribution in [0.1, 0.15) is 6.42 Å². The van der Waals surface area contributed by atoms with E-state index < -0.39 is 6.54 Å². The summed E-state index contributed by atoms with van der Waals surface area (Å²) in [6, 6.07) is 0. The minimum absolute atomic E-state index is 0.487. The summed E-state index contributed by atoms with van der Waals surface area (Å²) >= 11 is 0. The van der Waals surface area contributed by atoms with Gasteiger partial charge >= 0.3 is 6.54 Å². The first-order valence-electron chi connectivity index (χ1n) is 2.27.